The molecule has 112 valence electrons. The van der Waals surface area contributed by atoms with E-state index in [0.717, 1.165) is 31.6 Å². The second-order valence-corrected chi connectivity index (χ2v) is 7.50. The van der Waals surface area contributed by atoms with E-state index in [2.05, 4.69) is 31.9 Å². The van der Waals surface area contributed by atoms with Gasteiger partial charge in [-0.2, -0.15) is 0 Å². The van der Waals surface area contributed by atoms with Crippen LogP contribution >= 0.6 is 43.2 Å². The van der Waals surface area contributed by atoms with Gasteiger partial charge in [0.1, 0.15) is 0 Å². The number of hydrogen-bond acceptors (Lipinski definition) is 4. The third-order valence-corrected chi connectivity index (χ3v) is 5.82. The van der Waals surface area contributed by atoms with Gasteiger partial charge in [0.25, 0.3) is 0 Å². The molecule has 1 aliphatic heterocycles. The average Bonchev–Trinajstić information content (AvgIpc) is 2.73. The van der Waals surface area contributed by atoms with E-state index in [4.69, 9.17) is 9.47 Å². The topological polar surface area (TPSA) is 38.7 Å². The Morgan fingerprint density at radius 3 is 2.76 bits per heavy atom. The summed E-state index contributed by atoms with van der Waals surface area (Å²) in [6, 6.07) is 5.77. The molecular formula is C15H14Br2O3S. The second kappa shape index (κ2) is 6.69. The van der Waals surface area contributed by atoms with Crippen LogP contribution in [0.2, 0.25) is 0 Å². The van der Waals surface area contributed by atoms with Crippen molar-refractivity contribution >= 4 is 43.2 Å². The molecule has 2 aromatic rings. The number of aliphatic hydroxyl groups is 1. The van der Waals surface area contributed by atoms with Crippen LogP contribution < -0.4 is 9.47 Å². The Balaban J connectivity index is 1.86. The molecule has 1 aliphatic rings. The molecule has 6 heteroatoms. The molecular weight excluding hydrogens is 420 g/mol. The third-order valence-electron chi connectivity index (χ3n) is 3.28. The predicted molar refractivity (Wildman–Crippen MR) is 90.4 cm³/mol. The molecule has 0 spiro atoms. The highest BCUT2D eigenvalue weighted by Gasteiger charge is 2.19. The minimum absolute atomic E-state index is 0.574. The molecule has 1 unspecified atom stereocenters. The summed E-state index contributed by atoms with van der Waals surface area (Å²) in [5.74, 6) is 1.42. The van der Waals surface area contributed by atoms with Crippen molar-refractivity contribution < 1.29 is 14.6 Å². The van der Waals surface area contributed by atoms with Gasteiger partial charge in [-0.15, -0.1) is 11.3 Å². The number of benzene rings is 1. The summed E-state index contributed by atoms with van der Waals surface area (Å²) in [5, 5.41) is 12.5. The molecule has 0 fully saturated rings. The molecule has 21 heavy (non-hydrogen) atoms. The fourth-order valence-electron chi connectivity index (χ4n) is 2.21. The number of aliphatic hydroxyl groups excluding tert-OH is 1. The Morgan fingerprint density at radius 1 is 1.19 bits per heavy atom. The van der Waals surface area contributed by atoms with Gasteiger partial charge in [-0.25, -0.2) is 0 Å². The van der Waals surface area contributed by atoms with Crippen LogP contribution in [0.15, 0.2) is 32.5 Å². The summed E-state index contributed by atoms with van der Waals surface area (Å²) in [5.41, 5.74) is 0.825. The van der Waals surface area contributed by atoms with E-state index in [9.17, 15) is 5.11 Å². The average molecular weight is 434 g/mol. The van der Waals surface area contributed by atoms with Gasteiger partial charge < -0.3 is 14.6 Å². The van der Waals surface area contributed by atoms with Crippen LogP contribution in [0.4, 0.5) is 0 Å². The smallest absolute Gasteiger partial charge is 0.175 e. The van der Waals surface area contributed by atoms with Crippen LogP contribution in [0.3, 0.4) is 0 Å². The fraction of sp³-hybridized carbons (Fsp3) is 0.333. The van der Waals surface area contributed by atoms with E-state index in [-0.39, 0.29) is 0 Å². The molecule has 0 amide bonds. The summed E-state index contributed by atoms with van der Waals surface area (Å²) in [6.07, 6.45) is 0.860. The van der Waals surface area contributed by atoms with Crippen molar-refractivity contribution in [3.05, 3.63) is 43.0 Å². The van der Waals surface area contributed by atoms with Crippen molar-refractivity contribution in [3.63, 3.8) is 0 Å². The summed E-state index contributed by atoms with van der Waals surface area (Å²) in [6.45, 7) is 1.28. The molecule has 0 radical (unpaired) electrons. The lowest BCUT2D eigenvalue weighted by Crippen LogP contribution is -2.03. The first-order valence-corrected chi connectivity index (χ1v) is 9.10. The highest BCUT2D eigenvalue weighted by molar-refractivity contribution is 9.10. The van der Waals surface area contributed by atoms with Crippen LogP contribution in [0.5, 0.6) is 11.5 Å². The second-order valence-electron chi connectivity index (χ2n) is 4.79. The number of rotatable bonds is 3. The molecule has 3 nitrogen and oxygen atoms in total. The van der Waals surface area contributed by atoms with Gasteiger partial charge in [0, 0.05) is 22.2 Å². The molecule has 0 saturated carbocycles. The third kappa shape index (κ3) is 3.44. The summed E-state index contributed by atoms with van der Waals surface area (Å²) < 4.78 is 13.2. The van der Waals surface area contributed by atoms with Gasteiger partial charge in [0.2, 0.25) is 0 Å². The van der Waals surface area contributed by atoms with E-state index in [1.165, 1.54) is 0 Å². The van der Waals surface area contributed by atoms with Crippen LogP contribution in [-0.4, -0.2) is 18.3 Å². The Kier molecular flexibility index (Phi) is 4.88. The van der Waals surface area contributed by atoms with Crippen molar-refractivity contribution in [2.75, 3.05) is 13.2 Å². The van der Waals surface area contributed by atoms with Gasteiger partial charge >= 0.3 is 0 Å². The van der Waals surface area contributed by atoms with E-state index >= 15 is 0 Å². The van der Waals surface area contributed by atoms with E-state index < -0.39 is 6.10 Å². The number of thiophene rings is 1. The van der Waals surface area contributed by atoms with Crippen molar-refractivity contribution in [2.24, 2.45) is 0 Å². The van der Waals surface area contributed by atoms with Crippen LogP contribution in [0.1, 0.15) is 23.0 Å². The van der Waals surface area contributed by atoms with Gasteiger partial charge in [-0.05, 0) is 61.0 Å². The highest BCUT2D eigenvalue weighted by Crippen LogP contribution is 2.40. The minimum atomic E-state index is -0.576. The minimum Gasteiger partial charge on any atom is -0.490 e. The molecule has 1 aromatic carbocycles. The Hall–Kier alpha value is -0.560. The monoisotopic (exact) mass is 432 g/mol. The number of ether oxygens (including phenoxy) is 2. The molecule has 1 aromatic heterocycles. The summed E-state index contributed by atoms with van der Waals surface area (Å²) in [4.78, 5) is 1.13. The predicted octanol–water partition coefficient (Wildman–Crippen LogP) is 4.71. The van der Waals surface area contributed by atoms with Gasteiger partial charge in [-0.1, -0.05) is 0 Å². The van der Waals surface area contributed by atoms with Crippen molar-refractivity contribution in [1.82, 2.24) is 0 Å². The van der Waals surface area contributed by atoms with Crippen LogP contribution in [0.25, 0.3) is 0 Å². The molecule has 0 bridgehead atoms. The standard InChI is InChI=1S/C15H14Br2O3S/c16-10-2-5-21-14(10)8-12(18)9-6-11(17)15-13(7-9)19-3-1-4-20-15/h2,5-7,12,18H,1,3-4,8H2. The normalized spacial score (nSPS) is 15.6. The van der Waals surface area contributed by atoms with Crippen molar-refractivity contribution in [3.8, 4) is 11.5 Å². The van der Waals surface area contributed by atoms with Crippen molar-refractivity contribution in [2.45, 2.75) is 18.9 Å². The van der Waals surface area contributed by atoms with Crippen LogP contribution in [-0.2, 0) is 6.42 Å². The largest absolute Gasteiger partial charge is 0.490 e. The Labute approximate surface area is 144 Å². The lowest BCUT2D eigenvalue weighted by molar-refractivity contribution is 0.178. The lowest BCUT2D eigenvalue weighted by Gasteiger charge is -2.15. The first kappa shape index (κ1) is 15.3. The van der Waals surface area contributed by atoms with Crippen LogP contribution in [0, 0.1) is 0 Å². The maximum atomic E-state index is 10.5. The zero-order chi connectivity index (χ0) is 14.8. The number of fused-ring (bicyclic) bond motifs is 1. The zero-order valence-corrected chi connectivity index (χ0v) is 15.1. The molecule has 3 rings (SSSR count). The molecule has 1 N–H and O–H groups in total. The van der Waals surface area contributed by atoms with Gasteiger partial charge in [-0.3, -0.25) is 0 Å². The molecule has 1 atom stereocenters. The maximum absolute atomic E-state index is 10.5. The molecule has 0 aliphatic carbocycles. The van der Waals surface area contributed by atoms with Gasteiger partial charge in [0.15, 0.2) is 11.5 Å². The van der Waals surface area contributed by atoms with Crippen molar-refractivity contribution in [1.29, 1.82) is 0 Å². The highest BCUT2D eigenvalue weighted by atomic mass is 79.9. The summed E-state index contributed by atoms with van der Waals surface area (Å²) >= 11 is 8.64. The Morgan fingerprint density at radius 2 is 2.00 bits per heavy atom. The fourth-order valence-corrected chi connectivity index (χ4v) is 4.33. The summed E-state index contributed by atoms with van der Waals surface area (Å²) in [7, 11) is 0. The molecule has 2 heterocycles. The van der Waals surface area contributed by atoms with Gasteiger partial charge in [0.05, 0.1) is 23.8 Å². The number of hydrogen-bond donors (Lipinski definition) is 1. The first-order chi connectivity index (χ1) is 10.1. The Bertz CT molecular complexity index is 642. The first-order valence-electron chi connectivity index (χ1n) is 6.64. The van der Waals surface area contributed by atoms with E-state index in [0.29, 0.717) is 25.4 Å². The number of halogens is 2. The lowest BCUT2D eigenvalue weighted by atomic mass is 10.1. The quantitative estimate of drug-likeness (QED) is 0.761. The zero-order valence-electron chi connectivity index (χ0n) is 11.1. The SMILES string of the molecule is OC(Cc1sccc1Br)c1cc(Br)c2c(c1)OCCCO2. The van der Waals surface area contributed by atoms with E-state index in [1.807, 2.05) is 23.6 Å². The molecule has 0 saturated heterocycles. The maximum Gasteiger partial charge on any atom is 0.175 e. The van der Waals surface area contributed by atoms with E-state index in [1.54, 1.807) is 11.3 Å².